The predicted octanol–water partition coefficient (Wildman–Crippen LogP) is 2.70. The number of halogens is 1. The van der Waals surface area contributed by atoms with Gasteiger partial charge in [0.05, 0.1) is 0 Å². The Morgan fingerprint density at radius 2 is 2.00 bits per heavy atom. The van der Waals surface area contributed by atoms with E-state index in [0.29, 0.717) is 10.8 Å². The molecular formula is C16H22ClN3O2. The fraction of sp³-hybridized carbons (Fsp3) is 0.500. The molecule has 1 aromatic carbocycles. The second-order valence-electron chi connectivity index (χ2n) is 5.30. The third kappa shape index (κ3) is 5.66. The first-order chi connectivity index (χ1) is 10.7. The second-order valence-corrected chi connectivity index (χ2v) is 5.73. The molecule has 0 spiro atoms. The maximum atomic E-state index is 11.7. The Kier molecular flexibility index (Phi) is 6.68. The highest BCUT2D eigenvalue weighted by Gasteiger charge is 2.14. The van der Waals surface area contributed by atoms with E-state index in [-0.39, 0.29) is 12.5 Å². The number of hydrazone groups is 1. The van der Waals surface area contributed by atoms with Crippen LogP contribution in [-0.2, 0) is 4.79 Å². The van der Waals surface area contributed by atoms with Crippen molar-refractivity contribution in [3.05, 3.63) is 29.3 Å². The van der Waals surface area contributed by atoms with Gasteiger partial charge in [0.1, 0.15) is 5.75 Å². The predicted molar refractivity (Wildman–Crippen MR) is 88.5 cm³/mol. The van der Waals surface area contributed by atoms with Crippen LogP contribution in [0.2, 0.25) is 5.02 Å². The first-order valence-corrected chi connectivity index (χ1v) is 8.00. The zero-order valence-electron chi connectivity index (χ0n) is 12.8. The van der Waals surface area contributed by atoms with E-state index in [1.54, 1.807) is 24.3 Å². The van der Waals surface area contributed by atoms with Gasteiger partial charge in [-0.3, -0.25) is 4.79 Å². The zero-order chi connectivity index (χ0) is 15.8. The summed E-state index contributed by atoms with van der Waals surface area (Å²) < 4.78 is 5.36. The number of carbonyl (C=O) groups excluding carboxylic acids is 1. The first kappa shape index (κ1) is 16.8. The number of piperidine rings is 1. The summed E-state index contributed by atoms with van der Waals surface area (Å²) >= 11 is 5.78. The van der Waals surface area contributed by atoms with Gasteiger partial charge < -0.3 is 9.64 Å². The number of nitrogens with one attached hydrogen (secondary N) is 1. The molecule has 1 aliphatic heterocycles. The number of benzene rings is 1. The highest BCUT2D eigenvalue weighted by Crippen LogP contribution is 2.15. The van der Waals surface area contributed by atoms with Crippen molar-refractivity contribution in [3.8, 4) is 5.75 Å². The van der Waals surface area contributed by atoms with Crippen LogP contribution < -0.4 is 10.2 Å². The van der Waals surface area contributed by atoms with E-state index in [9.17, 15) is 4.79 Å². The van der Waals surface area contributed by atoms with Gasteiger partial charge in [-0.05, 0) is 37.2 Å². The normalized spacial score (nSPS) is 15.5. The van der Waals surface area contributed by atoms with Gasteiger partial charge in [-0.1, -0.05) is 18.5 Å². The van der Waals surface area contributed by atoms with Crippen molar-refractivity contribution < 1.29 is 9.53 Å². The fourth-order valence-electron chi connectivity index (χ4n) is 2.32. The van der Waals surface area contributed by atoms with Crippen molar-refractivity contribution in [1.82, 2.24) is 10.3 Å². The Morgan fingerprint density at radius 3 is 2.64 bits per heavy atom. The lowest BCUT2D eigenvalue weighted by Crippen LogP contribution is -2.35. The van der Waals surface area contributed by atoms with E-state index in [1.165, 1.54) is 6.42 Å². The van der Waals surface area contributed by atoms with Crippen molar-refractivity contribution in [1.29, 1.82) is 0 Å². The smallest absolute Gasteiger partial charge is 0.277 e. The molecule has 22 heavy (non-hydrogen) atoms. The molecule has 6 heteroatoms. The molecule has 5 nitrogen and oxygen atoms in total. The third-order valence-corrected chi connectivity index (χ3v) is 3.75. The molecule has 1 amide bonds. The molecule has 0 unspecified atom stereocenters. The van der Waals surface area contributed by atoms with Gasteiger partial charge >= 0.3 is 0 Å². The number of ether oxygens (including phenoxy) is 1. The van der Waals surface area contributed by atoms with Crippen LogP contribution in [0.5, 0.6) is 5.75 Å². The van der Waals surface area contributed by atoms with Crippen LogP contribution >= 0.6 is 11.6 Å². The monoisotopic (exact) mass is 323 g/mol. The number of hydrogen-bond acceptors (Lipinski definition) is 4. The van der Waals surface area contributed by atoms with E-state index in [2.05, 4.69) is 22.4 Å². The second kappa shape index (κ2) is 8.76. The number of hydrogen-bond donors (Lipinski definition) is 1. The Hall–Kier alpha value is -1.59. The van der Waals surface area contributed by atoms with Gasteiger partial charge in [0.25, 0.3) is 5.91 Å². The van der Waals surface area contributed by atoms with Gasteiger partial charge in [0.15, 0.2) is 6.61 Å². The molecule has 0 aliphatic carbocycles. The van der Waals surface area contributed by atoms with E-state index in [1.807, 2.05) is 0 Å². The largest absolute Gasteiger partial charge is 0.484 e. The number of amides is 1. The molecule has 0 atom stereocenters. The van der Waals surface area contributed by atoms with Crippen LogP contribution in [0.4, 0.5) is 0 Å². The van der Waals surface area contributed by atoms with Crippen molar-refractivity contribution in [3.63, 3.8) is 0 Å². The van der Waals surface area contributed by atoms with Gasteiger partial charge in [0.2, 0.25) is 0 Å². The highest BCUT2D eigenvalue weighted by molar-refractivity contribution is 6.30. The minimum absolute atomic E-state index is 0.0552. The summed E-state index contributed by atoms with van der Waals surface area (Å²) in [6.07, 6.45) is 3.00. The van der Waals surface area contributed by atoms with E-state index < -0.39 is 0 Å². The Balaban J connectivity index is 1.69. The standard InChI is InChI=1S/C16H22ClN3O2/c1-2-9-20-10-7-14(8-11-20)18-19-16(21)12-22-15-5-3-13(17)4-6-15/h3-6H,2,7-12H2,1H3,(H,19,21). The van der Waals surface area contributed by atoms with Gasteiger partial charge in [-0.15, -0.1) is 0 Å². The molecule has 0 aromatic heterocycles. The van der Waals surface area contributed by atoms with Crippen LogP contribution in [0, 0.1) is 0 Å². The number of carbonyl (C=O) groups is 1. The molecule has 120 valence electrons. The lowest BCUT2D eigenvalue weighted by Gasteiger charge is -2.26. The van der Waals surface area contributed by atoms with E-state index >= 15 is 0 Å². The molecule has 1 aliphatic rings. The maximum Gasteiger partial charge on any atom is 0.277 e. The lowest BCUT2D eigenvalue weighted by atomic mass is 10.1. The Bertz CT molecular complexity index is 507. The molecule has 2 rings (SSSR count). The summed E-state index contributed by atoms with van der Waals surface area (Å²) in [4.78, 5) is 14.1. The van der Waals surface area contributed by atoms with Crippen LogP contribution in [0.1, 0.15) is 26.2 Å². The van der Waals surface area contributed by atoms with Crippen molar-refractivity contribution in [2.24, 2.45) is 5.10 Å². The molecular weight excluding hydrogens is 302 g/mol. The summed E-state index contributed by atoms with van der Waals surface area (Å²) in [6.45, 7) is 5.30. The third-order valence-electron chi connectivity index (χ3n) is 3.50. The molecule has 1 aromatic rings. The molecule has 1 heterocycles. The molecule has 1 saturated heterocycles. The van der Waals surface area contributed by atoms with Crippen molar-refractivity contribution >= 4 is 23.2 Å². The number of likely N-dealkylation sites (tertiary alicyclic amines) is 1. The van der Waals surface area contributed by atoms with Gasteiger partial charge in [0, 0.05) is 36.7 Å². The van der Waals surface area contributed by atoms with Crippen LogP contribution in [0.25, 0.3) is 0 Å². The average Bonchev–Trinajstić information content (AvgIpc) is 2.54. The van der Waals surface area contributed by atoms with Gasteiger partial charge in [-0.2, -0.15) is 5.10 Å². The van der Waals surface area contributed by atoms with Crippen LogP contribution in [-0.4, -0.2) is 42.8 Å². The summed E-state index contributed by atoms with van der Waals surface area (Å²) in [5, 5.41) is 4.83. The average molecular weight is 324 g/mol. The zero-order valence-corrected chi connectivity index (χ0v) is 13.6. The molecule has 0 saturated carbocycles. The van der Waals surface area contributed by atoms with Crippen LogP contribution in [0.15, 0.2) is 29.4 Å². The maximum absolute atomic E-state index is 11.7. The minimum atomic E-state index is -0.251. The van der Waals surface area contributed by atoms with Crippen LogP contribution in [0.3, 0.4) is 0 Å². The summed E-state index contributed by atoms with van der Waals surface area (Å²) in [5.74, 6) is 0.360. The summed E-state index contributed by atoms with van der Waals surface area (Å²) in [7, 11) is 0. The Labute approximate surface area is 136 Å². The number of rotatable bonds is 6. The summed E-state index contributed by atoms with van der Waals surface area (Å²) in [6, 6.07) is 6.90. The molecule has 0 radical (unpaired) electrons. The molecule has 1 fully saturated rings. The van der Waals surface area contributed by atoms with Crippen molar-refractivity contribution in [2.75, 3.05) is 26.2 Å². The lowest BCUT2D eigenvalue weighted by molar-refractivity contribution is -0.123. The number of nitrogens with zero attached hydrogens (tertiary/aromatic N) is 2. The SMILES string of the molecule is CCCN1CCC(=NNC(=O)COc2ccc(Cl)cc2)CC1. The van der Waals surface area contributed by atoms with Gasteiger partial charge in [-0.25, -0.2) is 5.43 Å². The summed E-state index contributed by atoms with van der Waals surface area (Å²) in [5.41, 5.74) is 3.61. The molecule has 1 N–H and O–H groups in total. The quantitative estimate of drug-likeness (QED) is 0.819. The van der Waals surface area contributed by atoms with E-state index in [4.69, 9.17) is 16.3 Å². The first-order valence-electron chi connectivity index (χ1n) is 7.62. The van der Waals surface area contributed by atoms with E-state index in [0.717, 1.165) is 38.2 Å². The fourth-order valence-corrected chi connectivity index (χ4v) is 2.44. The van der Waals surface area contributed by atoms with Crippen molar-refractivity contribution in [2.45, 2.75) is 26.2 Å². The highest BCUT2D eigenvalue weighted by atomic mass is 35.5. The molecule has 0 bridgehead atoms. The topological polar surface area (TPSA) is 53.9 Å². The Morgan fingerprint density at radius 1 is 1.32 bits per heavy atom. The minimum Gasteiger partial charge on any atom is -0.484 e.